The van der Waals surface area contributed by atoms with Crippen molar-refractivity contribution in [3.8, 4) is 11.3 Å². The van der Waals surface area contributed by atoms with E-state index in [2.05, 4.69) is 22.5 Å². The number of nitrogens with zero attached hydrogens (tertiary/aromatic N) is 4. The second kappa shape index (κ2) is 8.30. The van der Waals surface area contributed by atoms with Crippen molar-refractivity contribution in [3.05, 3.63) is 42.1 Å². The Bertz CT molecular complexity index is 956. The Labute approximate surface area is 179 Å². The molecular weight excluding hydrogens is 401 g/mol. The summed E-state index contributed by atoms with van der Waals surface area (Å²) in [6.07, 6.45) is 2.43. The van der Waals surface area contributed by atoms with Gasteiger partial charge in [-0.2, -0.15) is 5.10 Å². The third-order valence-corrected chi connectivity index (χ3v) is 6.44. The zero-order chi connectivity index (χ0) is 21.4. The molecule has 9 heteroatoms. The van der Waals surface area contributed by atoms with Crippen molar-refractivity contribution in [1.82, 2.24) is 24.9 Å². The number of fused-ring (bicyclic) bond motifs is 1. The van der Waals surface area contributed by atoms with E-state index in [-0.39, 0.29) is 37.2 Å². The van der Waals surface area contributed by atoms with E-state index in [1.807, 2.05) is 28.0 Å². The Morgan fingerprint density at radius 1 is 1.16 bits per heavy atom. The van der Waals surface area contributed by atoms with E-state index < -0.39 is 6.67 Å². The van der Waals surface area contributed by atoms with Crippen molar-refractivity contribution in [2.24, 2.45) is 0 Å². The summed E-state index contributed by atoms with van der Waals surface area (Å²) in [5, 5.41) is 7.11. The number of rotatable bonds is 4. The zero-order valence-electron chi connectivity index (χ0n) is 17.2. The number of benzene rings is 1. The molecular formula is C22H26FN5O3. The first-order valence-electron chi connectivity index (χ1n) is 10.8. The minimum absolute atomic E-state index is 0.00520. The van der Waals surface area contributed by atoms with Crippen molar-refractivity contribution in [3.63, 3.8) is 0 Å². The highest BCUT2D eigenvalue weighted by Crippen LogP contribution is 2.30. The molecule has 3 aliphatic heterocycles. The standard InChI is InChI=1S/C22H26FN5O3/c23-7-10-28-19(5-8-24-28)16-3-1-15(2-4-16)17-11-27(12-17)22(30)26-9-6-20-18(13-26)25-21(29)14-31-20/h1-5,8,17-18,20H,6-7,9-14H2,(H,25,29)/t18-,20+/m1/s1. The number of alkyl halides is 1. The van der Waals surface area contributed by atoms with Crippen molar-refractivity contribution in [2.45, 2.75) is 31.0 Å². The molecule has 0 spiro atoms. The number of likely N-dealkylation sites (tertiary alicyclic amines) is 2. The summed E-state index contributed by atoms with van der Waals surface area (Å²) in [5.74, 6) is 0.194. The molecule has 3 saturated heterocycles. The van der Waals surface area contributed by atoms with Crippen LogP contribution in [0.1, 0.15) is 17.9 Å². The van der Waals surface area contributed by atoms with Gasteiger partial charge in [-0.3, -0.25) is 9.48 Å². The van der Waals surface area contributed by atoms with E-state index in [0.29, 0.717) is 32.1 Å². The lowest BCUT2D eigenvalue weighted by atomic mass is 9.90. The molecule has 3 fully saturated rings. The van der Waals surface area contributed by atoms with Gasteiger partial charge < -0.3 is 19.9 Å². The van der Waals surface area contributed by atoms with Gasteiger partial charge in [0.05, 0.1) is 24.4 Å². The van der Waals surface area contributed by atoms with Crippen molar-refractivity contribution in [2.75, 3.05) is 39.5 Å². The molecule has 3 aliphatic rings. The van der Waals surface area contributed by atoms with E-state index in [1.165, 1.54) is 5.56 Å². The summed E-state index contributed by atoms with van der Waals surface area (Å²) in [7, 11) is 0. The molecule has 164 valence electrons. The Kier molecular flexibility index (Phi) is 5.35. The smallest absolute Gasteiger partial charge is 0.320 e. The normalized spacial score (nSPS) is 23.8. The number of amides is 3. The maximum atomic E-state index is 12.9. The van der Waals surface area contributed by atoms with Gasteiger partial charge in [0.15, 0.2) is 0 Å². The molecule has 2 atom stereocenters. The van der Waals surface area contributed by atoms with Crippen LogP contribution in [0.5, 0.6) is 0 Å². The Balaban J connectivity index is 1.17. The van der Waals surface area contributed by atoms with Gasteiger partial charge in [0.25, 0.3) is 0 Å². The topological polar surface area (TPSA) is 79.7 Å². The fraction of sp³-hybridized carbons (Fsp3) is 0.500. The Morgan fingerprint density at radius 2 is 1.97 bits per heavy atom. The van der Waals surface area contributed by atoms with Crippen LogP contribution < -0.4 is 5.32 Å². The highest BCUT2D eigenvalue weighted by Gasteiger charge is 2.40. The first-order valence-corrected chi connectivity index (χ1v) is 10.8. The maximum absolute atomic E-state index is 12.9. The molecule has 1 aromatic heterocycles. The first-order chi connectivity index (χ1) is 15.1. The molecule has 31 heavy (non-hydrogen) atoms. The van der Waals surface area contributed by atoms with E-state index in [1.54, 1.807) is 10.9 Å². The largest absolute Gasteiger partial charge is 0.366 e. The Hall–Kier alpha value is -2.94. The van der Waals surface area contributed by atoms with Gasteiger partial charge in [-0.1, -0.05) is 24.3 Å². The van der Waals surface area contributed by atoms with Gasteiger partial charge in [-0.15, -0.1) is 0 Å². The molecule has 0 unspecified atom stereocenters. The summed E-state index contributed by atoms with van der Waals surface area (Å²) < 4.78 is 19.9. The number of piperidine rings is 1. The van der Waals surface area contributed by atoms with Crippen LogP contribution in [0, 0.1) is 0 Å². The van der Waals surface area contributed by atoms with E-state index in [9.17, 15) is 14.0 Å². The summed E-state index contributed by atoms with van der Waals surface area (Å²) in [4.78, 5) is 28.1. The lowest BCUT2D eigenvalue weighted by molar-refractivity contribution is -0.139. The van der Waals surface area contributed by atoms with E-state index in [4.69, 9.17) is 4.74 Å². The molecule has 2 aromatic rings. The first kappa shape index (κ1) is 20.0. The van der Waals surface area contributed by atoms with Gasteiger partial charge in [-0.05, 0) is 23.6 Å². The monoisotopic (exact) mass is 427 g/mol. The number of urea groups is 1. The second-order valence-electron chi connectivity index (χ2n) is 8.39. The molecule has 1 aromatic carbocycles. The fourth-order valence-corrected chi connectivity index (χ4v) is 4.68. The second-order valence-corrected chi connectivity index (χ2v) is 8.39. The highest BCUT2D eigenvalue weighted by atomic mass is 19.1. The molecule has 5 rings (SSSR count). The van der Waals surface area contributed by atoms with Crippen LogP contribution >= 0.6 is 0 Å². The van der Waals surface area contributed by atoms with E-state index >= 15 is 0 Å². The maximum Gasteiger partial charge on any atom is 0.320 e. The summed E-state index contributed by atoms with van der Waals surface area (Å²) in [5.41, 5.74) is 3.09. The van der Waals surface area contributed by atoms with Gasteiger partial charge in [0, 0.05) is 38.3 Å². The minimum atomic E-state index is -0.448. The molecule has 4 heterocycles. The van der Waals surface area contributed by atoms with Crippen LogP contribution in [-0.4, -0.2) is 83.1 Å². The SMILES string of the molecule is O=C1CO[C@H]2CCN(C(=O)N3CC(c4ccc(-c5ccnn5CCF)cc4)C3)C[C@H]2N1. The average Bonchev–Trinajstić information content (AvgIpc) is 3.21. The highest BCUT2D eigenvalue weighted by molar-refractivity contribution is 5.79. The number of aromatic nitrogens is 2. The summed E-state index contributed by atoms with van der Waals surface area (Å²) in [6, 6.07) is 10.0. The molecule has 0 bridgehead atoms. The number of carbonyl (C=O) groups excluding carboxylic acids is 2. The van der Waals surface area contributed by atoms with Crippen molar-refractivity contribution < 1.29 is 18.7 Å². The molecule has 3 amide bonds. The zero-order valence-corrected chi connectivity index (χ0v) is 17.2. The minimum Gasteiger partial charge on any atom is -0.366 e. The number of carbonyl (C=O) groups is 2. The molecule has 0 saturated carbocycles. The number of nitrogens with one attached hydrogen (secondary N) is 1. The van der Waals surface area contributed by atoms with Crippen LogP contribution in [-0.2, 0) is 16.1 Å². The molecule has 0 aliphatic carbocycles. The number of hydrogen-bond donors (Lipinski definition) is 1. The number of morpholine rings is 1. The van der Waals surface area contributed by atoms with Gasteiger partial charge in [0.1, 0.15) is 13.3 Å². The van der Waals surface area contributed by atoms with Gasteiger partial charge >= 0.3 is 6.03 Å². The Morgan fingerprint density at radius 3 is 2.74 bits per heavy atom. The quantitative estimate of drug-likeness (QED) is 0.805. The number of aryl methyl sites for hydroxylation is 1. The lowest BCUT2D eigenvalue weighted by Gasteiger charge is -2.46. The number of halogens is 1. The molecule has 0 radical (unpaired) electrons. The van der Waals surface area contributed by atoms with Crippen LogP contribution in [0.3, 0.4) is 0 Å². The van der Waals surface area contributed by atoms with Gasteiger partial charge in [0.2, 0.25) is 5.91 Å². The van der Waals surface area contributed by atoms with Crippen molar-refractivity contribution in [1.29, 1.82) is 0 Å². The van der Waals surface area contributed by atoms with Crippen LogP contribution in [0.15, 0.2) is 36.5 Å². The number of hydrogen-bond acceptors (Lipinski definition) is 4. The molecule has 1 N–H and O–H groups in total. The predicted octanol–water partition coefficient (Wildman–Crippen LogP) is 1.63. The van der Waals surface area contributed by atoms with Crippen LogP contribution in [0.2, 0.25) is 0 Å². The summed E-state index contributed by atoms with van der Waals surface area (Å²) in [6.45, 7) is 2.43. The van der Waals surface area contributed by atoms with Crippen LogP contribution in [0.4, 0.5) is 9.18 Å². The molecule has 8 nitrogen and oxygen atoms in total. The van der Waals surface area contributed by atoms with Crippen LogP contribution in [0.25, 0.3) is 11.3 Å². The third kappa shape index (κ3) is 3.89. The fourth-order valence-electron chi connectivity index (χ4n) is 4.68. The third-order valence-electron chi connectivity index (χ3n) is 6.44. The predicted molar refractivity (Wildman–Crippen MR) is 111 cm³/mol. The number of ether oxygens (including phenoxy) is 1. The lowest BCUT2D eigenvalue weighted by Crippen LogP contribution is -2.63. The van der Waals surface area contributed by atoms with E-state index in [0.717, 1.165) is 17.7 Å². The van der Waals surface area contributed by atoms with Gasteiger partial charge in [-0.25, -0.2) is 9.18 Å². The average molecular weight is 427 g/mol. The van der Waals surface area contributed by atoms with Crippen molar-refractivity contribution >= 4 is 11.9 Å². The summed E-state index contributed by atoms with van der Waals surface area (Å²) >= 11 is 0.